The Morgan fingerprint density at radius 3 is 2.35 bits per heavy atom. The summed E-state index contributed by atoms with van der Waals surface area (Å²) in [5, 5.41) is 3.61. The van der Waals surface area contributed by atoms with Gasteiger partial charge in [-0.05, 0) is 43.0 Å². The summed E-state index contributed by atoms with van der Waals surface area (Å²) in [5.41, 5.74) is 1.29. The Morgan fingerprint density at radius 1 is 1.10 bits per heavy atom. The van der Waals surface area contributed by atoms with E-state index in [1.807, 2.05) is 6.07 Å². The number of methoxy groups -OCH3 is 2. The average Bonchev–Trinajstić information content (AvgIpc) is 2.46. The summed E-state index contributed by atoms with van der Waals surface area (Å²) in [5.74, 6) is 2.27. The summed E-state index contributed by atoms with van der Waals surface area (Å²) in [7, 11) is 3.35. The second-order valence-electron chi connectivity index (χ2n) is 5.32. The molecule has 0 saturated heterocycles. The van der Waals surface area contributed by atoms with Crippen LogP contribution >= 0.6 is 0 Å². The van der Waals surface area contributed by atoms with E-state index >= 15 is 0 Å². The van der Waals surface area contributed by atoms with Crippen molar-refractivity contribution in [1.82, 2.24) is 5.32 Å². The fraction of sp³-hybridized carbons (Fsp3) is 0.647. The van der Waals surface area contributed by atoms with Crippen LogP contribution in [0.25, 0.3) is 0 Å². The number of rotatable bonds is 9. The van der Waals surface area contributed by atoms with Crippen LogP contribution in [-0.4, -0.2) is 26.8 Å². The zero-order chi connectivity index (χ0) is 15.0. The average molecular weight is 279 g/mol. The normalized spacial score (nSPS) is 13.8. The Labute approximate surface area is 123 Å². The summed E-state index contributed by atoms with van der Waals surface area (Å²) < 4.78 is 10.7. The third-order valence-electron chi connectivity index (χ3n) is 3.80. The third kappa shape index (κ3) is 4.71. The van der Waals surface area contributed by atoms with E-state index in [0.717, 1.165) is 24.5 Å². The Balaban J connectivity index is 2.82. The van der Waals surface area contributed by atoms with Gasteiger partial charge >= 0.3 is 0 Å². The molecule has 1 aromatic carbocycles. The van der Waals surface area contributed by atoms with Crippen LogP contribution in [0.4, 0.5) is 0 Å². The minimum atomic E-state index is 0.512. The van der Waals surface area contributed by atoms with Gasteiger partial charge in [0.1, 0.15) is 0 Å². The maximum atomic E-state index is 5.38. The molecule has 1 N–H and O–H groups in total. The molecule has 2 atom stereocenters. The van der Waals surface area contributed by atoms with E-state index in [9.17, 15) is 0 Å². The van der Waals surface area contributed by atoms with Crippen LogP contribution in [0.5, 0.6) is 11.5 Å². The molecule has 0 bridgehead atoms. The lowest BCUT2D eigenvalue weighted by Crippen LogP contribution is -2.36. The summed E-state index contributed by atoms with van der Waals surface area (Å²) in [4.78, 5) is 0. The molecule has 2 unspecified atom stereocenters. The maximum Gasteiger partial charge on any atom is 0.160 e. The number of hydrogen-bond acceptors (Lipinski definition) is 3. The summed E-state index contributed by atoms with van der Waals surface area (Å²) in [6.45, 7) is 7.75. The van der Waals surface area contributed by atoms with Crippen LogP contribution < -0.4 is 14.8 Å². The van der Waals surface area contributed by atoms with Crippen molar-refractivity contribution in [2.24, 2.45) is 5.92 Å². The third-order valence-corrected chi connectivity index (χ3v) is 3.80. The van der Waals surface area contributed by atoms with Crippen LogP contribution in [0.3, 0.4) is 0 Å². The highest BCUT2D eigenvalue weighted by molar-refractivity contribution is 5.43. The van der Waals surface area contributed by atoms with Gasteiger partial charge in [-0.25, -0.2) is 0 Å². The molecule has 0 aliphatic rings. The first kappa shape index (κ1) is 16.8. The van der Waals surface area contributed by atoms with Crippen molar-refractivity contribution in [1.29, 1.82) is 0 Å². The molecular weight excluding hydrogens is 250 g/mol. The van der Waals surface area contributed by atoms with Crippen molar-refractivity contribution in [2.45, 2.75) is 46.1 Å². The Morgan fingerprint density at radius 2 is 1.80 bits per heavy atom. The van der Waals surface area contributed by atoms with Gasteiger partial charge in [0.25, 0.3) is 0 Å². The molecule has 1 aromatic rings. The van der Waals surface area contributed by atoms with Gasteiger partial charge in [-0.3, -0.25) is 0 Å². The zero-order valence-corrected chi connectivity index (χ0v) is 13.5. The van der Waals surface area contributed by atoms with Crippen LogP contribution in [0.1, 0.15) is 39.2 Å². The molecular formula is C17H29NO2. The number of likely N-dealkylation sites (N-methyl/N-ethyl adjacent to an activating group) is 1. The SMILES string of the molecule is CCCC(C)C(Cc1ccc(OC)c(OC)c1)NCC. The Bertz CT molecular complexity index is 393. The molecule has 3 nitrogen and oxygen atoms in total. The lowest BCUT2D eigenvalue weighted by Gasteiger charge is -2.25. The second-order valence-corrected chi connectivity index (χ2v) is 5.32. The van der Waals surface area contributed by atoms with Gasteiger partial charge in [-0.1, -0.05) is 33.3 Å². The van der Waals surface area contributed by atoms with E-state index in [4.69, 9.17) is 9.47 Å². The van der Waals surface area contributed by atoms with Crippen molar-refractivity contribution in [3.63, 3.8) is 0 Å². The summed E-state index contributed by atoms with van der Waals surface area (Å²) in [6.07, 6.45) is 3.51. The maximum absolute atomic E-state index is 5.38. The molecule has 0 aliphatic heterocycles. The molecule has 0 aliphatic carbocycles. The molecule has 0 amide bonds. The lowest BCUT2D eigenvalue weighted by atomic mass is 9.91. The van der Waals surface area contributed by atoms with Crippen LogP contribution in [-0.2, 0) is 6.42 Å². The van der Waals surface area contributed by atoms with Crippen molar-refractivity contribution in [3.8, 4) is 11.5 Å². The van der Waals surface area contributed by atoms with Crippen molar-refractivity contribution in [3.05, 3.63) is 23.8 Å². The first-order valence-electron chi connectivity index (χ1n) is 7.60. The molecule has 1 rings (SSSR count). The van der Waals surface area contributed by atoms with E-state index in [1.54, 1.807) is 14.2 Å². The van der Waals surface area contributed by atoms with Gasteiger partial charge in [0.15, 0.2) is 11.5 Å². The monoisotopic (exact) mass is 279 g/mol. The quantitative estimate of drug-likeness (QED) is 0.748. The van der Waals surface area contributed by atoms with Gasteiger partial charge in [-0.15, -0.1) is 0 Å². The van der Waals surface area contributed by atoms with E-state index in [2.05, 4.69) is 38.2 Å². The highest BCUT2D eigenvalue weighted by atomic mass is 16.5. The van der Waals surface area contributed by atoms with Gasteiger partial charge in [0, 0.05) is 6.04 Å². The summed E-state index contributed by atoms with van der Waals surface area (Å²) >= 11 is 0. The highest BCUT2D eigenvalue weighted by Crippen LogP contribution is 2.28. The smallest absolute Gasteiger partial charge is 0.160 e. The topological polar surface area (TPSA) is 30.5 Å². The van der Waals surface area contributed by atoms with E-state index in [1.165, 1.54) is 18.4 Å². The Kier molecular flexibility index (Phi) is 7.45. The van der Waals surface area contributed by atoms with Gasteiger partial charge < -0.3 is 14.8 Å². The number of nitrogens with one attached hydrogen (secondary N) is 1. The van der Waals surface area contributed by atoms with Crippen LogP contribution in [0, 0.1) is 5.92 Å². The Hall–Kier alpha value is -1.22. The lowest BCUT2D eigenvalue weighted by molar-refractivity contribution is 0.348. The minimum Gasteiger partial charge on any atom is -0.493 e. The van der Waals surface area contributed by atoms with E-state index in [-0.39, 0.29) is 0 Å². The van der Waals surface area contributed by atoms with Crippen molar-refractivity contribution >= 4 is 0 Å². The predicted octanol–water partition coefficient (Wildman–Crippen LogP) is 3.66. The predicted molar refractivity (Wildman–Crippen MR) is 84.8 cm³/mol. The van der Waals surface area contributed by atoms with Crippen LogP contribution in [0.15, 0.2) is 18.2 Å². The zero-order valence-electron chi connectivity index (χ0n) is 13.5. The molecule has 0 aromatic heterocycles. The highest BCUT2D eigenvalue weighted by Gasteiger charge is 2.17. The van der Waals surface area contributed by atoms with Crippen molar-refractivity contribution in [2.75, 3.05) is 20.8 Å². The molecule has 0 saturated carbocycles. The van der Waals surface area contributed by atoms with Gasteiger partial charge in [0.2, 0.25) is 0 Å². The van der Waals surface area contributed by atoms with Crippen molar-refractivity contribution < 1.29 is 9.47 Å². The minimum absolute atomic E-state index is 0.512. The van der Waals surface area contributed by atoms with E-state index < -0.39 is 0 Å². The van der Waals surface area contributed by atoms with Gasteiger partial charge in [0.05, 0.1) is 14.2 Å². The van der Waals surface area contributed by atoms with Crippen LogP contribution in [0.2, 0.25) is 0 Å². The molecule has 0 radical (unpaired) electrons. The largest absolute Gasteiger partial charge is 0.493 e. The molecule has 20 heavy (non-hydrogen) atoms. The molecule has 0 spiro atoms. The van der Waals surface area contributed by atoms with E-state index in [0.29, 0.717) is 12.0 Å². The fourth-order valence-electron chi connectivity index (χ4n) is 2.65. The first-order valence-corrected chi connectivity index (χ1v) is 7.60. The molecule has 0 fully saturated rings. The number of ether oxygens (including phenoxy) is 2. The number of hydrogen-bond donors (Lipinski definition) is 1. The second kappa shape index (κ2) is 8.85. The first-order chi connectivity index (χ1) is 9.65. The summed E-state index contributed by atoms with van der Waals surface area (Å²) in [6, 6.07) is 6.71. The standard InChI is InChI=1S/C17H29NO2/c1-6-8-13(3)15(18-7-2)11-14-9-10-16(19-4)17(12-14)20-5/h9-10,12-13,15,18H,6-8,11H2,1-5H3. The van der Waals surface area contributed by atoms with Gasteiger partial charge in [-0.2, -0.15) is 0 Å². The molecule has 0 heterocycles. The molecule has 3 heteroatoms. The fourth-order valence-corrected chi connectivity index (χ4v) is 2.65. The number of benzene rings is 1. The molecule has 114 valence electrons.